The number of ether oxygens (including phenoxy) is 1. The topological polar surface area (TPSA) is 32.7 Å². The molecule has 1 aliphatic heterocycles. The quantitative estimate of drug-likeness (QED) is 0.890. The number of phenolic OH excluding ortho intramolecular Hbond substituents is 1. The highest BCUT2D eigenvalue weighted by molar-refractivity contribution is 5.42. The molecule has 0 bridgehead atoms. The van der Waals surface area contributed by atoms with Crippen LogP contribution >= 0.6 is 0 Å². The molecular formula is C16H25NO2. The summed E-state index contributed by atoms with van der Waals surface area (Å²) in [6.07, 6.45) is 0.267. The molecule has 1 N–H and O–H groups in total. The average Bonchev–Trinajstić information content (AvgIpc) is 2.22. The van der Waals surface area contributed by atoms with E-state index in [0.717, 1.165) is 30.8 Å². The third-order valence-corrected chi connectivity index (χ3v) is 3.60. The molecule has 1 aromatic rings. The summed E-state index contributed by atoms with van der Waals surface area (Å²) in [7, 11) is 0. The van der Waals surface area contributed by atoms with Crippen LogP contribution in [0.1, 0.15) is 37.5 Å². The van der Waals surface area contributed by atoms with E-state index in [9.17, 15) is 5.11 Å². The first kappa shape index (κ1) is 14.4. The fourth-order valence-electron chi connectivity index (χ4n) is 3.10. The summed E-state index contributed by atoms with van der Waals surface area (Å²) in [4.78, 5) is 2.43. The molecule has 0 amide bonds. The van der Waals surface area contributed by atoms with Crippen LogP contribution in [0.25, 0.3) is 0 Å². The zero-order chi connectivity index (χ0) is 14.2. The summed E-state index contributed by atoms with van der Waals surface area (Å²) in [5.41, 5.74) is 3.09. The second kappa shape index (κ2) is 5.14. The van der Waals surface area contributed by atoms with Crippen LogP contribution < -0.4 is 0 Å². The SMILES string of the molecule is Cc1cc(CN2CC(C)OC(C)(C)C2)cc(C)c1O. The summed E-state index contributed by atoms with van der Waals surface area (Å²) in [5, 5.41) is 9.83. The minimum absolute atomic E-state index is 0.0846. The molecule has 0 aromatic heterocycles. The van der Waals surface area contributed by atoms with Gasteiger partial charge in [-0.3, -0.25) is 4.90 Å². The van der Waals surface area contributed by atoms with Crippen LogP contribution in [-0.4, -0.2) is 34.8 Å². The molecule has 1 fully saturated rings. The Kier molecular flexibility index (Phi) is 3.88. The molecule has 0 aliphatic carbocycles. The lowest BCUT2D eigenvalue weighted by Gasteiger charge is -2.41. The average molecular weight is 263 g/mol. The molecule has 2 rings (SSSR count). The van der Waals surface area contributed by atoms with Crippen molar-refractivity contribution in [2.45, 2.75) is 52.9 Å². The van der Waals surface area contributed by atoms with Gasteiger partial charge in [0.05, 0.1) is 11.7 Å². The fraction of sp³-hybridized carbons (Fsp3) is 0.625. The molecule has 1 aromatic carbocycles. The second-order valence-electron chi connectivity index (χ2n) is 6.44. The van der Waals surface area contributed by atoms with Gasteiger partial charge in [0.15, 0.2) is 0 Å². The summed E-state index contributed by atoms with van der Waals surface area (Å²) in [6.45, 7) is 13.1. The van der Waals surface area contributed by atoms with Crippen molar-refractivity contribution in [1.29, 1.82) is 0 Å². The number of hydrogen-bond donors (Lipinski definition) is 1. The van der Waals surface area contributed by atoms with Crippen LogP contribution in [0, 0.1) is 13.8 Å². The fourth-order valence-corrected chi connectivity index (χ4v) is 3.10. The lowest BCUT2D eigenvalue weighted by Crippen LogP contribution is -2.51. The molecule has 0 spiro atoms. The predicted octanol–water partition coefficient (Wildman–Crippen LogP) is 3.01. The standard InChI is InChI=1S/C16H25NO2/c1-11-6-14(7-12(2)15(11)18)9-17-8-13(3)19-16(4,5)10-17/h6-7,13,18H,8-10H2,1-5H3. The van der Waals surface area contributed by atoms with Gasteiger partial charge >= 0.3 is 0 Å². The van der Waals surface area contributed by atoms with Crippen LogP contribution in [0.2, 0.25) is 0 Å². The number of nitrogens with zero attached hydrogens (tertiary/aromatic N) is 1. The van der Waals surface area contributed by atoms with E-state index in [0.29, 0.717) is 5.75 Å². The molecule has 1 unspecified atom stereocenters. The number of rotatable bonds is 2. The highest BCUT2D eigenvalue weighted by atomic mass is 16.5. The molecule has 3 nitrogen and oxygen atoms in total. The van der Waals surface area contributed by atoms with Crippen molar-refractivity contribution < 1.29 is 9.84 Å². The molecular weight excluding hydrogens is 238 g/mol. The van der Waals surface area contributed by atoms with Gasteiger partial charge in [-0.05, 0) is 51.3 Å². The molecule has 1 aliphatic rings. The van der Waals surface area contributed by atoms with E-state index in [1.54, 1.807) is 0 Å². The third-order valence-electron chi connectivity index (χ3n) is 3.60. The van der Waals surface area contributed by atoms with Gasteiger partial charge in [0.1, 0.15) is 5.75 Å². The first-order valence-electron chi connectivity index (χ1n) is 6.96. The van der Waals surface area contributed by atoms with Crippen molar-refractivity contribution in [3.05, 3.63) is 28.8 Å². The molecule has 3 heteroatoms. The molecule has 19 heavy (non-hydrogen) atoms. The Morgan fingerprint density at radius 2 is 1.89 bits per heavy atom. The number of phenols is 1. The maximum absolute atomic E-state index is 9.83. The van der Waals surface area contributed by atoms with Crippen LogP contribution in [-0.2, 0) is 11.3 Å². The lowest BCUT2D eigenvalue weighted by atomic mass is 10.0. The lowest BCUT2D eigenvalue weighted by molar-refractivity contribution is -0.130. The molecule has 1 atom stereocenters. The van der Waals surface area contributed by atoms with Gasteiger partial charge in [-0.1, -0.05) is 12.1 Å². The van der Waals surface area contributed by atoms with E-state index in [-0.39, 0.29) is 11.7 Å². The van der Waals surface area contributed by atoms with E-state index < -0.39 is 0 Å². The van der Waals surface area contributed by atoms with Gasteiger partial charge in [0.25, 0.3) is 0 Å². The summed E-state index contributed by atoms with van der Waals surface area (Å²) in [5.74, 6) is 0.416. The Bertz CT molecular complexity index is 445. The van der Waals surface area contributed by atoms with E-state index in [1.807, 2.05) is 13.8 Å². The Balaban J connectivity index is 2.13. The maximum atomic E-state index is 9.83. The monoisotopic (exact) mass is 263 g/mol. The first-order chi connectivity index (χ1) is 8.77. The molecule has 0 radical (unpaired) electrons. The maximum Gasteiger partial charge on any atom is 0.121 e. The Labute approximate surface area is 116 Å². The number of morpholine rings is 1. The Morgan fingerprint density at radius 3 is 2.42 bits per heavy atom. The Hall–Kier alpha value is -1.06. The van der Waals surface area contributed by atoms with Crippen molar-refractivity contribution in [1.82, 2.24) is 4.90 Å². The molecule has 1 saturated heterocycles. The summed E-state index contributed by atoms with van der Waals surface area (Å²) >= 11 is 0. The zero-order valence-corrected chi connectivity index (χ0v) is 12.7. The minimum Gasteiger partial charge on any atom is -0.507 e. The number of aryl methyl sites for hydroxylation is 2. The Morgan fingerprint density at radius 1 is 1.32 bits per heavy atom. The van der Waals surface area contributed by atoms with Gasteiger partial charge in [0.2, 0.25) is 0 Å². The van der Waals surface area contributed by atoms with Gasteiger partial charge in [-0.15, -0.1) is 0 Å². The van der Waals surface area contributed by atoms with Gasteiger partial charge in [-0.25, -0.2) is 0 Å². The zero-order valence-electron chi connectivity index (χ0n) is 12.7. The van der Waals surface area contributed by atoms with Crippen molar-refractivity contribution in [3.8, 4) is 5.75 Å². The molecule has 1 heterocycles. The van der Waals surface area contributed by atoms with Crippen molar-refractivity contribution >= 4 is 0 Å². The number of aromatic hydroxyl groups is 1. The normalized spacial score (nSPS) is 23.5. The van der Waals surface area contributed by atoms with Gasteiger partial charge < -0.3 is 9.84 Å². The minimum atomic E-state index is -0.0846. The number of benzene rings is 1. The van der Waals surface area contributed by atoms with Crippen molar-refractivity contribution in [2.75, 3.05) is 13.1 Å². The van der Waals surface area contributed by atoms with Crippen LogP contribution in [0.5, 0.6) is 5.75 Å². The largest absolute Gasteiger partial charge is 0.507 e. The summed E-state index contributed by atoms with van der Waals surface area (Å²) < 4.78 is 5.93. The number of hydrogen-bond acceptors (Lipinski definition) is 3. The summed E-state index contributed by atoms with van der Waals surface area (Å²) in [6, 6.07) is 4.16. The smallest absolute Gasteiger partial charge is 0.121 e. The van der Waals surface area contributed by atoms with Gasteiger partial charge in [0, 0.05) is 19.6 Å². The van der Waals surface area contributed by atoms with Crippen LogP contribution in [0.15, 0.2) is 12.1 Å². The third kappa shape index (κ3) is 3.48. The predicted molar refractivity (Wildman–Crippen MR) is 77.5 cm³/mol. The van der Waals surface area contributed by atoms with Gasteiger partial charge in [-0.2, -0.15) is 0 Å². The van der Waals surface area contributed by atoms with E-state index >= 15 is 0 Å². The van der Waals surface area contributed by atoms with E-state index in [2.05, 4.69) is 37.8 Å². The first-order valence-corrected chi connectivity index (χ1v) is 6.96. The highest BCUT2D eigenvalue weighted by Gasteiger charge is 2.31. The van der Waals surface area contributed by atoms with Crippen molar-refractivity contribution in [3.63, 3.8) is 0 Å². The highest BCUT2D eigenvalue weighted by Crippen LogP contribution is 2.26. The van der Waals surface area contributed by atoms with Crippen LogP contribution in [0.4, 0.5) is 0 Å². The van der Waals surface area contributed by atoms with Crippen LogP contribution in [0.3, 0.4) is 0 Å². The van der Waals surface area contributed by atoms with Crippen molar-refractivity contribution in [2.24, 2.45) is 0 Å². The molecule has 106 valence electrons. The van der Waals surface area contributed by atoms with E-state index in [4.69, 9.17) is 4.74 Å². The molecule has 0 saturated carbocycles. The van der Waals surface area contributed by atoms with E-state index in [1.165, 1.54) is 5.56 Å². The second-order valence-corrected chi connectivity index (χ2v) is 6.44.